The first-order chi connectivity index (χ1) is 10.3. The van der Waals surface area contributed by atoms with Crippen LogP contribution in [-0.4, -0.2) is 45.4 Å². The molecular formula is C13H14F3NO5. The molecule has 1 rings (SSSR count). The van der Waals surface area contributed by atoms with E-state index >= 15 is 0 Å². The fourth-order valence-corrected chi connectivity index (χ4v) is 1.42. The van der Waals surface area contributed by atoms with Gasteiger partial charge in [-0.3, -0.25) is 4.79 Å². The molecule has 1 aromatic carbocycles. The van der Waals surface area contributed by atoms with Crippen LogP contribution in [0.4, 0.5) is 13.2 Å². The van der Waals surface area contributed by atoms with Gasteiger partial charge in [-0.2, -0.15) is 13.2 Å². The van der Waals surface area contributed by atoms with Crippen molar-refractivity contribution < 1.29 is 37.0 Å². The lowest BCUT2D eigenvalue weighted by Gasteiger charge is -2.12. The number of halogens is 3. The molecule has 0 unspecified atom stereocenters. The Kier molecular flexibility index (Phi) is 6.02. The standard InChI is InChI=1S/C13H14F3NO5/c1-20-8-3-4-10(9(5-8)12(19)21-2)22-6-11(18)17-7-13(14,15)16/h3-5H,6-7H2,1-2H3,(H,17,18). The highest BCUT2D eigenvalue weighted by molar-refractivity contribution is 5.93. The molecule has 0 saturated carbocycles. The summed E-state index contributed by atoms with van der Waals surface area (Å²) in [6.07, 6.45) is -4.51. The molecule has 0 radical (unpaired) electrons. The minimum atomic E-state index is -4.51. The zero-order valence-corrected chi connectivity index (χ0v) is 11.8. The Labute approximate surface area is 124 Å². The van der Waals surface area contributed by atoms with Crippen molar-refractivity contribution in [3.63, 3.8) is 0 Å². The van der Waals surface area contributed by atoms with Gasteiger partial charge in [0.25, 0.3) is 5.91 Å². The summed E-state index contributed by atoms with van der Waals surface area (Å²) in [4.78, 5) is 22.9. The second kappa shape index (κ2) is 7.53. The predicted octanol–water partition coefficient (Wildman–Crippen LogP) is 1.54. The van der Waals surface area contributed by atoms with Crippen LogP contribution in [0.25, 0.3) is 0 Å². The van der Waals surface area contributed by atoms with E-state index in [1.165, 1.54) is 25.3 Å². The smallest absolute Gasteiger partial charge is 0.405 e. The minimum absolute atomic E-state index is 0.00481. The summed E-state index contributed by atoms with van der Waals surface area (Å²) >= 11 is 0. The first-order valence-electron chi connectivity index (χ1n) is 5.99. The van der Waals surface area contributed by atoms with E-state index < -0.39 is 31.2 Å². The number of esters is 1. The number of nitrogens with one attached hydrogen (secondary N) is 1. The van der Waals surface area contributed by atoms with Gasteiger partial charge >= 0.3 is 12.1 Å². The fraction of sp³-hybridized carbons (Fsp3) is 0.385. The maximum absolute atomic E-state index is 11.9. The molecule has 0 aliphatic heterocycles. The summed E-state index contributed by atoms with van der Waals surface area (Å²) < 4.78 is 50.4. The third-order valence-corrected chi connectivity index (χ3v) is 2.44. The molecule has 0 aliphatic carbocycles. The van der Waals surface area contributed by atoms with Crippen LogP contribution in [0.2, 0.25) is 0 Å². The van der Waals surface area contributed by atoms with Crippen molar-refractivity contribution >= 4 is 11.9 Å². The molecule has 0 heterocycles. The monoisotopic (exact) mass is 321 g/mol. The van der Waals surface area contributed by atoms with Crippen LogP contribution in [0.1, 0.15) is 10.4 Å². The van der Waals surface area contributed by atoms with E-state index in [0.717, 1.165) is 7.11 Å². The van der Waals surface area contributed by atoms with Crippen molar-refractivity contribution in [1.29, 1.82) is 0 Å². The zero-order valence-electron chi connectivity index (χ0n) is 11.8. The third-order valence-electron chi connectivity index (χ3n) is 2.44. The molecule has 0 bridgehead atoms. The topological polar surface area (TPSA) is 73.9 Å². The van der Waals surface area contributed by atoms with Crippen LogP contribution < -0.4 is 14.8 Å². The van der Waals surface area contributed by atoms with Crippen LogP contribution in [0.5, 0.6) is 11.5 Å². The molecule has 0 saturated heterocycles. The second-order valence-electron chi connectivity index (χ2n) is 4.03. The molecule has 0 aromatic heterocycles. The van der Waals surface area contributed by atoms with Gasteiger partial charge in [-0.05, 0) is 18.2 Å². The summed E-state index contributed by atoms with van der Waals surface area (Å²) in [5.41, 5.74) is -0.00882. The third kappa shape index (κ3) is 5.51. The lowest BCUT2D eigenvalue weighted by atomic mass is 10.2. The highest BCUT2D eigenvalue weighted by Gasteiger charge is 2.27. The molecule has 122 valence electrons. The lowest BCUT2D eigenvalue weighted by molar-refractivity contribution is -0.139. The van der Waals surface area contributed by atoms with Gasteiger partial charge in [-0.1, -0.05) is 0 Å². The molecule has 0 fully saturated rings. The largest absolute Gasteiger partial charge is 0.497 e. The van der Waals surface area contributed by atoms with E-state index in [1.807, 2.05) is 0 Å². The molecule has 22 heavy (non-hydrogen) atoms. The van der Waals surface area contributed by atoms with Crippen LogP contribution in [-0.2, 0) is 9.53 Å². The molecule has 1 N–H and O–H groups in total. The van der Waals surface area contributed by atoms with Gasteiger partial charge < -0.3 is 19.5 Å². The molecule has 1 amide bonds. The van der Waals surface area contributed by atoms with Gasteiger partial charge in [0.15, 0.2) is 6.61 Å². The number of rotatable bonds is 6. The highest BCUT2D eigenvalue weighted by Crippen LogP contribution is 2.25. The molecular weight excluding hydrogens is 307 g/mol. The van der Waals surface area contributed by atoms with Crippen molar-refractivity contribution in [2.24, 2.45) is 0 Å². The van der Waals surface area contributed by atoms with Crippen LogP contribution in [0.3, 0.4) is 0 Å². The summed E-state index contributed by atoms with van der Waals surface area (Å²) in [5, 5.41) is 1.65. The number of alkyl halides is 3. The number of methoxy groups -OCH3 is 2. The average molecular weight is 321 g/mol. The number of benzene rings is 1. The van der Waals surface area contributed by atoms with E-state index in [9.17, 15) is 22.8 Å². The number of ether oxygens (including phenoxy) is 3. The normalized spacial score (nSPS) is 10.8. The van der Waals surface area contributed by atoms with E-state index in [1.54, 1.807) is 5.32 Å². The Bertz CT molecular complexity index is 545. The lowest BCUT2D eigenvalue weighted by Crippen LogP contribution is -2.36. The maximum Gasteiger partial charge on any atom is 0.405 e. The van der Waals surface area contributed by atoms with Gasteiger partial charge in [-0.15, -0.1) is 0 Å². The number of carbonyl (C=O) groups excluding carboxylic acids is 2. The minimum Gasteiger partial charge on any atom is -0.497 e. The summed E-state index contributed by atoms with van der Waals surface area (Å²) in [6, 6.07) is 4.15. The summed E-state index contributed by atoms with van der Waals surface area (Å²) in [6.45, 7) is -2.13. The van der Waals surface area contributed by atoms with Gasteiger partial charge in [0.2, 0.25) is 0 Å². The van der Waals surface area contributed by atoms with E-state index in [0.29, 0.717) is 5.75 Å². The number of amides is 1. The van der Waals surface area contributed by atoms with Crippen LogP contribution in [0.15, 0.2) is 18.2 Å². The summed E-state index contributed by atoms with van der Waals surface area (Å²) in [7, 11) is 2.54. The Hall–Kier alpha value is -2.45. The summed E-state index contributed by atoms with van der Waals surface area (Å²) in [5.74, 6) is -1.35. The number of hydrogen-bond donors (Lipinski definition) is 1. The molecule has 6 nitrogen and oxygen atoms in total. The second-order valence-corrected chi connectivity index (χ2v) is 4.03. The Morgan fingerprint density at radius 3 is 2.45 bits per heavy atom. The Balaban J connectivity index is 2.72. The fourth-order valence-electron chi connectivity index (χ4n) is 1.42. The van der Waals surface area contributed by atoms with Crippen molar-refractivity contribution in [3.05, 3.63) is 23.8 Å². The molecule has 9 heteroatoms. The first-order valence-corrected chi connectivity index (χ1v) is 5.99. The first kappa shape index (κ1) is 17.6. The van der Waals surface area contributed by atoms with Gasteiger partial charge in [0.05, 0.1) is 14.2 Å². The number of carbonyl (C=O) groups is 2. The van der Waals surface area contributed by atoms with Gasteiger partial charge in [-0.25, -0.2) is 4.79 Å². The van der Waals surface area contributed by atoms with Crippen molar-refractivity contribution in [2.45, 2.75) is 6.18 Å². The molecule has 0 aliphatic rings. The Morgan fingerprint density at radius 1 is 1.23 bits per heavy atom. The van der Waals surface area contributed by atoms with Crippen molar-refractivity contribution in [3.8, 4) is 11.5 Å². The van der Waals surface area contributed by atoms with Crippen molar-refractivity contribution in [1.82, 2.24) is 5.32 Å². The van der Waals surface area contributed by atoms with Crippen LogP contribution in [0, 0.1) is 0 Å². The van der Waals surface area contributed by atoms with E-state index in [-0.39, 0.29) is 11.3 Å². The zero-order chi connectivity index (χ0) is 16.8. The number of hydrogen-bond acceptors (Lipinski definition) is 5. The Morgan fingerprint density at radius 2 is 1.91 bits per heavy atom. The molecule has 1 aromatic rings. The quantitative estimate of drug-likeness (QED) is 0.805. The van der Waals surface area contributed by atoms with E-state index in [4.69, 9.17) is 9.47 Å². The highest BCUT2D eigenvalue weighted by atomic mass is 19.4. The van der Waals surface area contributed by atoms with Gasteiger partial charge in [0.1, 0.15) is 23.6 Å². The van der Waals surface area contributed by atoms with Crippen molar-refractivity contribution in [2.75, 3.05) is 27.4 Å². The predicted molar refractivity (Wildman–Crippen MR) is 68.9 cm³/mol. The molecule has 0 atom stereocenters. The van der Waals surface area contributed by atoms with Crippen LogP contribution >= 0.6 is 0 Å². The van der Waals surface area contributed by atoms with Gasteiger partial charge in [0, 0.05) is 0 Å². The maximum atomic E-state index is 11.9. The SMILES string of the molecule is COC(=O)c1cc(OC)ccc1OCC(=O)NCC(F)(F)F. The average Bonchev–Trinajstić information content (AvgIpc) is 2.49. The molecule has 0 spiro atoms. The van der Waals surface area contributed by atoms with E-state index in [2.05, 4.69) is 4.74 Å².